The largest absolute Gasteiger partial charge is 0.484 e. The van der Waals surface area contributed by atoms with Crippen LogP contribution in [-0.4, -0.2) is 19.1 Å². The van der Waals surface area contributed by atoms with Crippen LogP contribution >= 0.6 is 0 Å². The highest BCUT2D eigenvalue weighted by atomic mass is 19.3. The second-order valence-corrected chi connectivity index (χ2v) is 4.02. The molecule has 0 aliphatic rings. The average Bonchev–Trinajstić information content (AvgIpc) is 2.48. The molecule has 2 rings (SSSR count). The summed E-state index contributed by atoms with van der Waals surface area (Å²) in [7, 11) is 0. The molecule has 1 N–H and O–H groups in total. The molecule has 1 amide bonds. The number of carbonyl (C=O) groups is 1. The lowest BCUT2D eigenvalue weighted by molar-refractivity contribution is -0.118. The van der Waals surface area contributed by atoms with Gasteiger partial charge in [0.05, 0.1) is 5.69 Å². The molecule has 6 heteroatoms. The molecule has 0 saturated carbocycles. The molecular formula is C15H13F2NO3. The predicted octanol–water partition coefficient (Wildman–Crippen LogP) is 3.31. The molecule has 0 aliphatic heterocycles. The van der Waals surface area contributed by atoms with Gasteiger partial charge in [-0.1, -0.05) is 30.3 Å². The minimum Gasteiger partial charge on any atom is -0.484 e. The molecule has 0 heterocycles. The molecule has 0 aliphatic carbocycles. The first-order chi connectivity index (χ1) is 10.1. The number of anilines is 1. The van der Waals surface area contributed by atoms with Crippen molar-refractivity contribution in [1.82, 2.24) is 0 Å². The summed E-state index contributed by atoms with van der Waals surface area (Å²) >= 11 is 0. The molecule has 2 aromatic carbocycles. The van der Waals surface area contributed by atoms with E-state index in [-0.39, 0.29) is 18.0 Å². The molecule has 0 atom stereocenters. The lowest BCUT2D eigenvalue weighted by Gasteiger charge is -2.12. The highest BCUT2D eigenvalue weighted by Gasteiger charge is 2.11. The van der Waals surface area contributed by atoms with Gasteiger partial charge in [0.25, 0.3) is 5.91 Å². The zero-order chi connectivity index (χ0) is 15.1. The van der Waals surface area contributed by atoms with Crippen LogP contribution in [0.15, 0.2) is 54.6 Å². The maximum atomic E-state index is 12.2. The summed E-state index contributed by atoms with van der Waals surface area (Å²) in [6, 6.07) is 14.8. The number of hydrogen-bond acceptors (Lipinski definition) is 3. The highest BCUT2D eigenvalue weighted by Crippen LogP contribution is 2.25. The second-order valence-electron chi connectivity index (χ2n) is 4.02. The molecule has 2 aromatic rings. The summed E-state index contributed by atoms with van der Waals surface area (Å²) in [5, 5.41) is 2.46. The van der Waals surface area contributed by atoms with Crippen LogP contribution in [0.4, 0.5) is 14.5 Å². The number of amides is 1. The van der Waals surface area contributed by atoms with E-state index in [2.05, 4.69) is 10.1 Å². The number of ether oxygens (including phenoxy) is 2. The van der Waals surface area contributed by atoms with Gasteiger partial charge < -0.3 is 14.8 Å². The summed E-state index contributed by atoms with van der Waals surface area (Å²) in [4.78, 5) is 11.7. The summed E-state index contributed by atoms with van der Waals surface area (Å²) in [5.74, 6) is -0.0190. The lowest BCUT2D eigenvalue weighted by atomic mass is 10.3. The van der Waals surface area contributed by atoms with Crippen molar-refractivity contribution in [2.45, 2.75) is 6.61 Å². The van der Waals surface area contributed by atoms with Crippen molar-refractivity contribution in [3.05, 3.63) is 54.6 Å². The Bertz CT molecular complexity index is 590. The van der Waals surface area contributed by atoms with Crippen LogP contribution in [-0.2, 0) is 4.79 Å². The predicted molar refractivity (Wildman–Crippen MR) is 73.6 cm³/mol. The molecule has 0 radical (unpaired) electrons. The Morgan fingerprint density at radius 1 is 1.05 bits per heavy atom. The Labute approximate surface area is 120 Å². The minimum atomic E-state index is -2.95. The van der Waals surface area contributed by atoms with Crippen LogP contribution in [0.2, 0.25) is 0 Å². The molecule has 0 saturated heterocycles. The zero-order valence-electron chi connectivity index (χ0n) is 11.0. The Morgan fingerprint density at radius 2 is 1.71 bits per heavy atom. The van der Waals surface area contributed by atoms with E-state index in [0.29, 0.717) is 5.75 Å². The average molecular weight is 293 g/mol. The van der Waals surface area contributed by atoms with E-state index < -0.39 is 12.5 Å². The fourth-order valence-corrected chi connectivity index (χ4v) is 1.62. The van der Waals surface area contributed by atoms with Gasteiger partial charge in [0.1, 0.15) is 11.5 Å². The number of rotatable bonds is 6. The van der Waals surface area contributed by atoms with Gasteiger partial charge in [-0.25, -0.2) is 0 Å². The number of alkyl halides is 2. The molecule has 0 fully saturated rings. The number of halogens is 2. The van der Waals surface area contributed by atoms with Crippen molar-refractivity contribution >= 4 is 11.6 Å². The molecule has 0 spiro atoms. The van der Waals surface area contributed by atoms with Gasteiger partial charge in [-0.2, -0.15) is 8.78 Å². The van der Waals surface area contributed by atoms with Crippen molar-refractivity contribution in [2.75, 3.05) is 11.9 Å². The monoisotopic (exact) mass is 293 g/mol. The van der Waals surface area contributed by atoms with Gasteiger partial charge in [-0.15, -0.1) is 0 Å². The fraction of sp³-hybridized carbons (Fsp3) is 0.133. The van der Waals surface area contributed by atoms with E-state index in [1.165, 1.54) is 18.2 Å². The van der Waals surface area contributed by atoms with Crippen LogP contribution < -0.4 is 14.8 Å². The first-order valence-corrected chi connectivity index (χ1v) is 6.16. The molecular weight excluding hydrogens is 280 g/mol. The van der Waals surface area contributed by atoms with E-state index >= 15 is 0 Å². The van der Waals surface area contributed by atoms with Crippen molar-refractivity contribution in [2.24, 2.45) is 0 Å². The van der Waals surface area contributed by atoms with Gasteiger partial charge >= 0.3 is 6.61 Å². The SMILES string of the molecule is O=C(COc1ccccc1)Nc1ccccc1OC(F)F. The Morgan fingerprint density at radius 3 is 2.43 bits per heavy atom. The van der Waals surface area contributed by atoms with Gasteiger partial charge in [-0.05, 0) is 24.3 Å². The van der Waals surface area contributed by atoms with Crippen LogP contribution in [0.3, 0.4) is 0 Å². The van der Waals surface area contributed by atoms with Crippen LogP contribution in [0.5, 0.6) is 11.5 Å². The maximum Gasteiger partial charge on any atom is 0.387 e. The summed E-state index contributed by atoms with van der Waals surface area (Å²) in [5.41, 5.74) is 0.166. The lowest BCUT2D eigenvalue weighted by Crippen LogP contribution is -2.20. The van der Waals surface area contributed by atoms with Gasteiger partial charge in [0.15, 0.2) is 6.61 Å². The number of benzene rings is 2. The number of nitrogens with one attached hydrogen (secondary N) is 1. The zero-order valence-corrected chi connectivity index (χ0v) is 11.0. The fourth-order valence-electron chi connectivity index (χ4n) is 1.62. The first-order valence-electron chi connectivity index (χ1n) is 6.16. The first kappa shape index (κ1) is 14.8. The molecule has 110 valence electrons. The van der Waals surface area contributed by atoms with Crippen molar-refractivity contribution in [3.63, 3.8) is 0 Å². The molecule has 0 aromatic heterocycles. The Kier molecular flexibility index (Phi) is 5.09. The Balaban J connectivity index is 1.93. The smallest absolute Gasteiger partial charge is 0.387 e. The van der Waals surface area contributed by atoms with Crippen molar-refractivity contribution < 1.29 is 23.0 Å². The standard InChI is InChI=1S/C15H13F2NO3/c16-15(17)21-13-9-5-4-8-12(13)18-14(19)10-20-11-6-2-1-3-7-11/h1-9,15H,10H2,(H,18,19). The molecule has 4 nitrogen and oxygen atoms in total. The topological polar surface area (TPSA) is 47.6 Å². The van der Waals surface area contributed by atoms with E-state index in [0.717, 1.165) is 0 Å². The normalized spacial score (nSPS) is 10.2. The molecule has 0 bridgehead atoms. The van der Waals surface area contributed by atoms with Gasteiger partial charge in [-0.3, -0.25) is 4.79 Å². The van der Waals surface area contributed by atoms with E-state index in [1.807, 2.05) is 6.07 Å². The highest BCUT2D eigenvalue weighted by molar-refractivity contribution is 5.93. The van der Waals surface area contributed by atoms with Crippen LogP contribution in [0, 0.1) is 0 Å². The minimum absolute atomic E-state index is 0.0967. The second kappa shape index (κ2) is 7.23. The van der Waals surface area contributed by atoms with Gasteiger partial charge in [0, 0.05) is 0 Å². The summed E-state index contributed by atoms with van der Waals surface area (Å²) < 4.78 is 34.1. The van der Waals surface area contributed by atoms with E-state index in [1.54, 1.807) is 30.3 Å². The number of carbonyl (C=O) groups excluding carboxylic acids is 1. The molecule has 21 heavy (non-hydrogen) atoms. The third kappa shape index (κ3) is 4.76. The third-order valence-corrected chi connectivity index (χ3v) is 2.49. The summed E-state index contributed by atoms with van der Waals surface area (Å²) in [6.45, 7) is -3.18. The van der Waals surface area contributed by atoms with Crippen LogP contribution in [0.25, 0.3) is 0 Å². The van der Waals surface area contributed by atoms with Crippen LogP contribution in [0.1, 0.15) is 0 Å². The molecule has 0 unspecified atom stereocenters. The van der Waals surface area contributed by atoms with E-state index in [9.17, 15) is 13.6 Å². The number of hydrogen-bond donors (Lipinski definition) is 1. The summed E-state index contributed by atoms with van der Waals surface area (Å²) in [6.07, 6.45) is 0. The number of para-hydroxylation sites is 3. The Hall–Kier alpha value is -2.63. The quantitative estimate of drug-likeness (QED) is 0.889. The van der Waals surface area contributed by atoms with Crippen molar-refractivity contribution in [1.29, 1.82) is 0 Å². The van der Waals surface area contributed by atoms with E-state index in [4.69, 9.17) is 4.74 Å². The maximum absolute atomic E-state index is 12.2. The van der Waals surface area contributed by atoms with Gasteiger partial charge in [0.2, 0.25) is 0 Å². The van der Waals surface area contributed by atoms with Crippen molar-refractivity contribution in [3.8, 4) is 11.5 Å². The third-order valence-electron chi connectivity index (χ3n) is 2.49.